The quantitative estimate of drug-likeness (QED) is 0.843. The summed E-state index contributed by atoms with van der Waals surface area (Å²) in [5, 5.41) is 2.97. The number of halogens is 1. The van der Waals surface area contributed by atoms with Crippen LogP contribution in [-0.2, 0) is 11.3 Å². The van der Waals surface area contributed by atoms with Gasteiger partial charge in [0.2, 0.25) is 5.91 Å². The average molecular weight is 360 g/mol. The van der Waals surface area contributed by atoms with Crippen LogP contribution in [-0.4, -0.2) is 27.7 Å². The number of pyridine rings is 1. The lowest BCUT2D eigenvalue weighted by molar-refractivity contribution is -0.114. The third-order valence-electron chi connectivity index (χ3n) is 3.98. The van der Waals surface area contributed by atoms with E-state index in [0.29, 0.717) is 22.8 Å². The first-order valence-corrected chi connectivity index (χ1v) is 8.57. The van der Waals surface area contributed by atoms with E-state index in [9.17, 15) is 9.59 Å². The van der Waals surface area contributed by atoms with Gasteiger partial charge in [-0.15, -0.1) is 0 Å². The van der Waals surface area contributed by atoms with Crippen molar-refractivity contribution in [3.8, 4) is 0 Å². The van der Waals surface area contributed by atoms with Gasteiger partial charge in [0.05, 0.1) is 10.6 Å². The molecule has 25 heavy (non-hydrogen) atoms. The minimum atomic E-state index is -0.187. The summed E-state index contributed by atoms with van der Waals surface area (Å²) in [6, 6.07) is 8.77. The van der Waals surface area contributed by atoms with Crippen LogP contribution < -0.4 is 5.32 Å². The molecule has 1 unspecified atom stereocenters. The van der Waals surface area contributed by atoms with Crippen LogP contribution in [0.25, 0.3) is 0 Å². The number of anilines is 1. The maximum atomic E-state index is 13.0. The number of hydrogen-bond donors (Lipinski definition) is 1. The molecule has 6 heteroatoms. The minimum absolute atomic E-state index is 0.0544. The van der Waals surface area contributed by atoms with Crippen molar-refractivity contribution in [3.63, 3.8) is 0 Å². The highest BCUT2D eigenvalue weighted by Gasteiger charge is 2.23. The highest BCUT2D eigenvalue weighted by atomic mass is 35.5. The zero-order valence-electron chi connectivity index (χ0n) is 14.6. The second-order valence-electron chi connectivity index (χ2n) is 5.93. The van der Waals surface area contributed by atoms with E-state index in [2.05, 4.69) is 10.3 Å². The second kappa shape index (κ2) is 8.62. The summed E-state index contributed by atoms with van der Waals surface area (Å²) in [7, 11) is 0. The zero-order chi connectivity index (χ0) is 18.4. The van der Waals surface area contributed by atoms with Gasteiger partial charge in [0.25, 0.3) is 5.91 Å². The Bertz CT molecular complexity index is 750. The number of nitrogens with zero attached hydrogens (tertiary/aromatic N) is 2. The molecule has 1 aromatic carbocycles. The predicted octanol–water partition coefficient (Wildman–Crippen LogP) is 4.13. The highest BCUT2D eigenvalue weighted by molar-refractivity contribution is 6.34. The number of benzene rings is 1. The summed E-state index contributed by atoms with van der Waals surface area (Å²) in [5.74, 6) is -0.328. The van der Waals surface area contributed by atoms with Gasteiger partial charge in [-0.25, -0.2) is 0 Å². The summed E-state index contributed by atoms with van der Waals surface area (Å²) < 4.78 is 0. The van der Waals surface area contributed by atoms with Crippen LogP contribution in [0.15, 0.2) is 42.7 Å². The van der Waals surface area contributed by atoms with Gasteiger partial charge in [0.15, 0.2) is 0 Å². The fourth-order valence-electron chi connectivity index (χ4n) is 2.46. The van der Waals surface area contributed by atoms with Crippen molar-refractivity contribution < 1.29 is 9.59 Å². The van der Waals surface area contributed by atoms with E-state index in [4.69, 9.17) is 11.6 Å². The van der Waals surface area contributed by atoms with Crippen molar-refractivity contribution in [2.45, 2.75) is 39.8 Å². The topological polar surface area (TPSA) is 62.3 Å². The molecule has 0 fully saturated rings. The van der Waals surface area contributed by atoms with Crippen molar-refractivity contribution in [2.75, 3.05) is 5.32 Å². The Morgan fingerprint density at radius 2 is 2.08 bits per heavy atom. The van der Waals surface area contributed by atoms with Gasteiger partial charge in [-0.1, -0.05) is 24.6 Å². The van der Waals surface area contributed by atoms with Crippen LogP contribution in [0.2, 0.25) is 5.02 Å². The van der Waals surface area contributed by atoms with E-state index in [0.717, 1.165) is 12.0 Å². The molecule has 2 aromatic rings. The summed E-state index contributed by atoms with van der Waals surface area (Å²) in [6.07, 6.45) is 4.29. The third kappa shape index (κ3) is 5.03. The molecule has 1 atom stereocenters. The van der Waals surface area contributed by atoms with Crippen LogP contribution >= 0.6 is 11.6 Å². The number of carbonyl (C=O) groups is 2. The molecule has 2 amide bonds. The molecule has 1 N–H and O–H groups in total. The first-order valence-electron chi connectivity index (χ1n) is 8.19. The van der Waals surface area contributed by atoms with Gasteiger partial charge in [0, 0.05) is 37.6 Å². The molecule has 0 saturated carbocycles. The fraction of sp³-hybridized carbons (Fsp3) is 0.316. The monoisotopic (exact) mass is 359 g/mol. The molecule has 0 aliphatic carbocycles. The van der Waals surface area contributed by atoms with E-state index in [1.54, 1.807) is 35.5 Å². The Hall–Kier alpha value is -2.40. The maximum absolute atomic E-state index is 13.0. The van der Waals surface area contributed by atoms with Crippen molar-refractivity contribution in [1.82, 2.24) is 9.88 Å². The molecule has 0 radical (unpaired) electrons. The van der Waals surface area contributed by atoms with E-state index >= 15 is 0 Å². The SMILES string of the molecule is CCC(C)N(Cc1cccnc1)C(=O)c1ccc(NC(C)=O)cc1Cl. The van der Waals surface area contributed by atoms with Crippen molar-refractivity contribution >= 4 is 29.1 Å². The van der Waals surface area contributed by atoms with Gasteiger partial charge in [-0.3, -0.25) is 14.6 Å². The number of hydrogen-bond acceptors (Lipinski definition) is 3. The lowest BCUT2D eigenvalue weighted by Crippen LogP contribution is -2.38. The third-order valence-corrected chi connectivity index (χ3v) is 4.29. The molecule has 0 saturated heterocycles. The molecule has 0 aliphatic heterocycles. The van der Waals surface area contributed by atoms with Gasteiger partial charge in [-0.2, -0.15) is 0 Å². The highest BCUT2D eigenvalue weighted by Crippen LogP contribution is 2.24. The first kappa shape index (κ1) is 18.9. The van der Waals surface area contributed by atoms with Crippen LogP contribution in [0.1, 0.15) is 43.1 Å². The van der Waals surface area contributed by atoms with Gasteiger partial charge < -0.3 is 10.2 Å². The molecule has 0 spiro atoms. The standard InChI is InChI=1S/C19H22ClN3O2/c1-4-13(2)23(12-15-6-5-9-21-11-15)19(25)17-8-7-16(10-18(17)20)22-14(3)24/h5-11,13H,4,12H2,1-3H3,(H,22,24). The summed E-state index contributed by atoms with van der Waals surface area (Å²) >= 11 is 6.29. The lowest BCUT2D eigenvalue weighted by atomic mass is 10.1. The maximum Gasteiger partial charge on any atom is 0.255 e. The lowest BCUT2D eigenvalue weighted by Gasteiger charge is -2.29. The number of amides is 2. The predicted molar refractivity (Wildman–Crippen MR) is 99.6 cm³/mol. The summed E-state index contributed by atoms with van der Waals surface area (Å²) in [6.45, 7) is 5.93. The van der Waals surface area contributed by atoms with Crippen LogP contribution in [0.3, 0.4) is 0 Å². The summed E-state index contributed by atoms with van der Waals surface area (Å²) in [5.41, 5.74) is 1.94. The van der Waals surface area contributed by atoms with Crippen molar-refractivity contribution in [3.05, 3.63) is 58.9 Å². The van der Waals surface area contributed by atoms with E-state index in [1.165, 1.54) is 6.92 Å². The van der Waals surface area contributed by atoms with E-state index in [-0.39, 0.29) is 17.9 Å². The molecule has 1 heterocycles. The van der Waals surface area contributed by atoms with Gasteiger partial charge in [0.1, 0.15) is 0 Å². The summed E-state index contributed by atoms with van der Waals surface area (Å²) in [4.78, 5) is 30.1. The molecule has 1 aromatic heterocycles. The zero-order valence-corrected chi connectivity index (χ0v) is 15.4. The van der Waals surface area contributed by atoms with E-state index < -0.39 is 0 Å². The second-order valence-corrected chi connectivity index (χ2v) is 6.33. The van der Waals surface area contributed by atoms with Crippen LogP contribution in [0.5, 0.6) is 0 Å². The number of aromatic nitrogens is 1. The molecule has 0 aliphatic rings. The molecule has 0 bridgehead atoms. The Morgan fingerprint density at radius 3 is 2.64 bits per heavy atom. The molecule has 2 rings (SSSR count). The Morgan fingerprint density at radius 1 is 1.32 bits per heavy atom. The Kier molecular flexibility index (Phi) is 6.53. The van der Waals surface area contributed by atoms with Crippen LogP contribution in [0.4, 0.5) is 5.69 Å². The van der Waals surface area contributed by atoms with Gasteiger partial charge >= 0.3 is 0 Å². The minimum Gasteiger partial charge on any atom is -0.332 e. The normalized spacial score (nSPS) is 11.7. The molecular formula is C19H22ClN3O2. The molecule has 5 nitrogen and oxygen atoms in total. The van der Waals surface area contributed by atoms with Crippen molar-refractivity contribution in [1.29, 1.82) is 0 Å². The number of carbonyl (C=O) groups excluding carboxylic acids is 2. The smallest absolute Gasteiger partial charge is 0.255 e. The number of nitrogens with one attached hydrogen (secondary N) is 1. The Balaban J connectivity index is 2.28. The van der Waals surface area contributed by atoms with Crippen molar-refractivity contribution in [2.24, 2.45) is 0 Å². The van der Waals surface area contributed by atoms with Gasteiger partial charge in [-0.05, 0) is 43.2 Å². The Labute approximate surface area is 153 Å². The molecular weight excluding hydrogens is 338 g/mol. The van der Waals surface area contributed by atoms with Crippen LogP contribution in [0, 0.1) is 0 Å². The largest absolute Gasteiger partial charge is 0.332 e. The fourth-order valence-corrected chi connectivity index (χ4v) is 2.72. The van der Waals surface area contributed by atoms with E-state index in [1.807, 2.05) is 26.0 Å². The molecule has 132 valence electrons. The average Bonchev–Trinajstić information content (AvgIpc) is 2.59. The first-order chi connectivity index (χ1) is 11.9. The number of rotatable bonds is 6.